The normalized spacial score (nSPS) is 21.0. The number of aromatic amines is 1. The number of carbonyl (C=O) groups excluding carboxylic acids is 1. The Labute approximate surface area is 164 Å². The molecule has 0 spiro atoms. The van der Waals surface area contributed by atoms with Crippen LogP contribution in [0.2, 0.25) is 0 Å². The van der Waals surface area contributed by atoms with Crippen molar-refractivity contribution in [1.29, 1.82) is 0 Å². The molecule has 142 valence electrons. The van der Waals surface area contributed by atoms with Crippen molar-refractivity contribution in [1.82, 2.24) is 9.88 Å². The van der Waals surface area contributed by atoms with Crippen LogP contribution in [-0.4, -0.2) is 28.9 Å². The van der Waals surface area contributed by atoms with Crippen molar-refractivity contribution in [2.75, 3.05) is 13.2 Å². The number of amides is 1. The highest BCUT2D eigenvalue weighted by atomic mass is 16.5. The summed E-state index contributed by atoms with van der Waals surface area (Å²) in [6.07, 6.45) is 3.45. The molecule has 1 amide bonds. The van der Waals surface area contributed by atoms with Crippen LogP contribution in [0.15, 0.2) is 66.2 Å². The molecule has 0 radical (unpaired) electrons. The van der Waals surface area contributed by atoms with Crippen LogP contribution in [0, 0.1) is 0 Å². The molecule has 4 heteroatoms. The average molecular weight is 372 g/mol. The molecule has 3 aromatic rings. The minimum atomic E-state index is -0.416. The van der Waals surface area contributed by atoms with E-state index in [0.29, 0.717) is 13.2 Å². The number of ether oxygens (including phenoxy) is 1. The number of fused-ring (bicyclic) bond motifs is 5. The SMILES string of the molecule is CC1=CC(=O)N2CCc3c([nH]c4ccccc34)C12CCOCc1ccccc1. The summed E-state index contributed by atoms with van der Waals surface area (Å²) in [4.78, 5) is 18.4. The van der Waals surface area contributed by atoms with Crippen molar-refractivity contribution in [3.63, 3.8) is 0 Å². The van der Waals surface area contributed by atoms with Crippen LogP contribution < -0.4 is 0 Å². The summed E-state index contributed by atoms with van der Waals surface area (Å²) in [6.45, 7) is 4.02. The summed E-state index contributed by atoms with van der Waals surface area (Å²) >= 11 is 0. The molecule has 0 aliphatic carbocycles. The molecule has 3 heterocycles. The Hall–Kier alpha value is -2.85. The van der Waals surface area contributed by atoms with E-state index in [4.69, 9.17) is 4.74 Å². The first-order chi connectivity index (χ1) is 13.7. The van der Waals surface area contributed by atoms with Crippen LogP contribution in [0.1, 0.15) is 30.2 Å². The number of para-hydroxylation sites is 1. The van der Waals surface area contributed by atoms with Gasteiger partial charge in [0, 0.05) is 42.2 Å². The molecular formula is C24H24N2O2. The zero-order valence-corrected chi connectivity index (χ0v) is 16.1. The molecular weight excluding hydrogens is 348 g/mol. The number of aromatic nitrogens is 1. The zero-order chi connectivity index (χ0) is 19.1. The Morgan fingerprint density at radius 3 is 2.75 bits per heavy atom. The number of nitrogens with one attached hydrogen (secondary N) is 1. The number of nitrogens with zero attached hydrogens (tertiary/aromatic N) is 1. The van der Waals surface area contributed by atoms with Gasteiger partial charge in [-0.3, -0.25) is 4.79 Å². The Bertz CT molecular complexity index is 1070. The minimum absolute atomic E-state index is 0.116. The highest BCUT2D eigenvalue weighted by molar-refractivity contribution is 5.95. The summed E-state index contributed by atoms with van der Waals surface area (Å²) in [5.74, 6) is 0.116. The predicted molar refractivity (Wildman–Crippen MR) is 110 cm³/mol. The van der Waals surface area contributed by atoms with Gasteiger partial charge in [0.1, 0.15) is 5.54 Å². The number of rotatable bonds is 5. The second-order valence-corrected chi connectivity index (χ2v) is 7.74. The van der Waals surface area contributed by atoms with Crippen LogP contribution >= 0.6 is 0 Å². The van der Waals surface area contributed by atoms with E-state index >= 15 is 0 Å². The fourth-order valence-corrected chi connectivity index (χ4v) is 4.89. The number of benzene rings is 2. The summed E-state index contributed by atoms with van der Waals surface area (Å²) in [6, 6.07) is 18.7. The molecule has 5 rings (SSSR count). The summed E-state index contributed by atoms with van der Waals surface area (Å²) in [5.41, 5.74) is 5.52. The second kappa shape index (κ2) is 6.64. The lowest BCUT2D eigenvalue weighted by Gasteiger charge is -2.44. The third-order valence-electron chi connectivity index (χ3n) is 6.25. The predicted octanol–water partition coefficient (Wildman–Crippen LogP) is 4.31. The van der Waals surface area contributed by atoms with Gasteiger partial charge in [-0.2, -0.15) is 0 Å². The number of H-pyrrole nitrogens is 1. The van der Waals surface area contributed by atoms with Crippen molar-refractivity contribution in [3.05, 3.63) is 83.1 Å². The van der Waals surface area contributed by atoms with Crippen LogP contribution in [-0.2, 0) is 28.1 Å². The van der Waals surface area contributed by atoms with Crippen molar-refractivity contribution in [3.8, 4) is 0 Å². The molecule has 2 aromatic carbocycles. The maximum atomic E-state index is 12.7. The summed E-state index contributed by atoms with van der Waals surface area (Å²) in [5, 5.41) is 1.27. The van der Waals surface area contributed by atoms with E-state index in [1.54, 1.807) is 6.08 Å². The molecule has 2 aliphatic heterocycles. The van der Waals surface area contributed by atoms with Crippen LogP contribution in [0.4, 0.5) is 0 Å². The van der Waals surface area contributed by atoms with Gasteiger partial charge in [-0.1, -0.05) is 48.5 Å². The van der Waals surface area contributed by atoms with Crippen molar-refractivity contribution in [2.24, 2.45) is 0 Å². The Morgan fingerprint density at radius 2 is 1.89 bits per heavy atom. The first kappa shape index (κ1) is 17.3. The van der Waals surface area contributed by atoms with Gasteiger partial charge in [0.15, 0.2) is 0 Å². The molecule has 4 nitrogen and oxygen atoms in total. The Balaban J connectivity index is 1.47. The number of carbonyl (C=O) groups is 1. The highest BCUT2D eigenvalue weighted by Gasteiger charge is 2.51. The van der Waals surface area contributed by atoms with Gasteiger partial charge in [-0.05, 0) is 36.1 Å². The molecule has 1 aromatic heterocycles. The molecule has 0 fully saturated rings. The number of hydrogen-bond donors (Lipinski definition) is 1. The topological polar surface area (TPSA) is 45.3 Å². The molecule has 1 N–H and O–H groups in total. The molecule has 1 atom stereocenters. The van der Waals surface area contributed by atoms with E-state index in [9.17, 15) is 4.79 Å². The summed E-state index contributed by atoms with van der Waals surface area (Å²) < 4.78 is 6.02. The summed E-state index contributed by atoms with van der Waals surface area (Å²) in [7, 11) is 0. The first-order valence-corrected chi connectivity index (χ1v) is 9.92. The molecule has 28 heavy (non-hydrogen) atoms. The van der Waals surface area contributed by atoms with Gasteiger partial charge in [0.2, 0.25) is 5.91 Å². The largest absolute Gasteiger partial charge is 0.377 e. The van der Waals surface area contributed by atoms with Gasteiger partial charge in [0.25, 0.3) is 0 Å². The molecule has 0 bridgehead atoms. The third kappa shape index (κ3) is 2.52. The lowest BCUT2D eigenvalue weighted by atomic mass is 9.79. The average Bonchev–Trinajstić information content (AvgIpc) is 3.22. The first-order valence-electron chi connectivity index (χ1n) is 9.92. The molecule has 1 unspecified atom stereocenters. The van der Waals surface area contributed by atoms with Gasteiger partial charge in [-0.25, -0.2) is 0 Å². The number of hydrogen-bond acceptors (Lipinski definition) is 2. The van der Waals surface area contributed by atoms with E-state index in [2.05, 4.69) is 48.3 Å². The van der Waals surface area contributed by atoms with E-state index < -0.39 is 5.54 Å². The third-order valence-corrected chi connectivity index (χ3v) is 6.25. The second-order valence-electron chi connectivity index (χ2n) is 7.74. The standard InChI is InChI=1S/C24H24N2O2/c1-17-15-22(27)26-13-11-20-19-9-5-6-10-21(19)25-23(20)24(17,26)12-14-28-16-18-7-3-2-4-8-18/h2-10,15,25H,11-14,16H2,1H3. The smallest absolute Gasteiger partial charge is 0.247 e. The maximum absolute atomic E-state index is 12.7. The van der Waals surface area contributed by atoms with Crippen molar-refractivity contribution < 1.29 is 9.53 Å². The lowest BCUT2D eigenvalue weighted by molar-refractivity contribution is -0.130. The van der Waals surface area contributed by atoms with Crippen molar-refractivity contribution >= 4 is 16.8 Å². The van der Waals surface area contributed by atoms with Crippen molar-refractivity contribution in [2.45, 2.75) is 31.9 Å². The van der Waals surface area contributed by atoms with Gasteiger partial charge < -0.3 is 14.6 Å². The minimum Gasteiger partial charge on any atom is -0.377 e. The monoisotopic (exact) mass is 372 g/mol. The fraction of sp³-hybridized carbons (Fsp3) is 0.292. The van der Waals surface area contributed by atoms with Crippen LogP contribution in [0.5, 0.6) is 0 Å². The van der Waals surface area contributed by atoms with E-state index in [0.717, 1.165) is 30.5 Å². The van der Waals surface area contributed by atoms with Gasteiger partial charge in [-0.15, -0.1) is 0 Å². The van der Waals surface area contributed by atoms with E-state index in [-0.39, 0.29) is 5.91 Å². The fourth-order valence-electron chi connectivity index (χ4n) is 4.89. The van der Waals surface area contributed by atoms with Crippen LogP contribution in [0.3, 0.4) is 0 Å². The molecule has 2 aliphatic rings. The molecule has 0 saturated carbocycles. The van der Waals surface area contributed by atoms with Crippen LogP contribution in [0.25, 0.3) is 10.9 Å². The lowest BCUT2D eigenvalue weighted by Crippen LogP contribution is -2.50. The zero-order valence-electron chi connectivity index (χ0n) is 16.1. The van der Waals surface area contributed by atoms with Gasteiger partial charge in [0.05, 0.1) is 6.61 Å². The Kier molecular flexibility index (Phi) is 4.09. The highest BCUT2D eigenvalue weighted by Crippen LogP contribution is 2.48. The molecule has 0 saturated heterocycles. The quantitative estimate of drug-likeness (QED) is 0.678. The van der Waals surface area contributed by atoms with E-state index in [1.807, 2.05) is 23.1 Å². The Morgan fingerprint density at radius 1 is 1.11 bits per heavy atom. The van der Waals surface area contributed by atoms with E-state index in [1.165, 1.54) is 22.2 Å². The maximum Gasteiger partial charge on any atom is 0.247 e. The van der Waals surface area contributed by atoms with Gasteiger partial charge >= 0.3 is 0 Å².